The van der Waals surface area contributed by atoms with Gasteiger partial charge in [0.2, 0.25) is 0 Å². The second kappa shape index (κ2) is 6.23. The van der Waals surface area contributed by atoms with Gasteiger partial charge in [-0.25, -0.2) is 0 Å². The molecule has 1 aromatic heterocycles. The molecule has 0 amide bonds. The number of anilines is 2. The Morgan fingerprint density at radius 2 is 2.22 bits per heavy atom. The third-order valence-corrected chi connectivity index (χ3v) is 2.37. The van der Waals surface area contributed by atoms with Crippen molar-refractivity contribution in [3.8, 4) is 0 Å². The largest absolute Gasteiger partial charge is 0.424 e. The summed E-state index contributed by atoms with van der Waals surface area (Å²) in [6.07, 6.45) is 0. The predicted octanol–water partition coefficient (Wildman–Crippen LogP) is 1.48. The number of hydrogen-bond acceptors (Lipinski definition) is 6. The zero-order chi connectivity index (χ0) is 12.8. The van der Waals surface area contributed by atoms with Crippen LogP contribution in [0.3, 0.4) is 0 Å². The van der Waals surface area contributed by atoms with Gasteiger partial charge in [-0.2, -0.15) is 4.98 Å². The van der Waals surface area contributed by atoms with Gasteiger partial charge in [-0.05, 0) is 18.2 Å². The zero-order valence-electron chi connectivity index (χ0n) is 10.3. The van der Waals surface area contributed by atoms with E-state index in [-0.39, 0.29) is 0 Å². The first kappa shape index (κ1) is 12.7. The highest BCUT2D eigenvalue weighted by molar-refractivity contribution is 5.78. The summed E-state index contributed by atoms with van der Waals surface area (Å²) in [6.45, 7) is 2.39. The van der Waals surface area contributed by atoms with E-state index in [1.807, 2.05) is 0 Å². The molecule has 0 radical (unpaired) electrons. The summed E-state index contributed by atoms with van der Waals surface area (Å²) in [6, 6.07) is 5.84. The Hall–Kier alpha value is -1.79. The van der Waals surface area contributed by atoms with Gasteiger partial charge in [-0.3, -0.25) is 0 Å². The van der Waals surface area contributed by atoms with E-state index < -0.39 is 0 Å². The van der Waals surface area contributed by atoms with E-state index >= 15 is 0 Å². The Labute approximate surface area is 105 Å². The standard InChI is InChI=1S/C12H17N3O3/c1-16-6-7-17-5-4-14-12-15-10-8-9(13)2-3-11(10)18-12/h2-3,8H,4-7,13H2,1H3,(H,14,15). The fourth-order valence-electron chi connectivity index (χ4n) is 1.49. The van der Waals surface area contributed by atoms with Crippen LogP contribution in [0.5, 0.6) is 0 Å². The van der Waals surface area contributed by atoms with Crippen molar-refractivity contribution in [3.05, 3.63) is 18.2 Å². The molecule has 6 nitrogen and oxygen atoms in total. The van der Waals surface area contributed by atoms with Gasteiger partial charge in [-0.1, -0.05) is 0 Å². The number of nitrogen functional groups attached to an aromatic ring is 1. The van der Waals surface area contributed by atoms with E-state index in [1.165, 1.54) is 0 Å². The van der Waals surface area contributed by atoms with Crippen molar-refractivity contribution in [2.45, 2.75) is 0 Å². The quantitative estimate of drug-likeness (QED) is 0.573. The number of oxazole rings is 1. The van der Waals surface area contributed by atoms with Gasteiger partial charge >= 0.3 is 0 Å². The Kier molecular flexibility index (Phi) is 4.38. The number of benzene rings is 1. The third kappa shape index (κ3) is 3.35. The molecule has 0 saturated heterocycles. The van der Waals surface area contributed by atoms with Gasteiger partial charge in [0.25, 0.3) is 6.01 Å². The number of hydrogen-bond donors (Lipinski definition) is 2. The molecule has 6 heteroatoms. The van der Waals surface area contributed by atoms with Crippen LogP contribution in [0.2, 0.25) is 0 Å². The minimum atomic E-state index is 0.478. The monoisotopic (exact) mass is 251 g/mol. The molecule has 3 N–H and O–H groups in total. The van der Waals surface area contributed by atoms with Crippen LogP contribution >= 0.6 is 0 Å². The van der Waals surface area contributed by atoms with E-state index in [9.17, 15) is 0 Å². The lowest BCUT2D eigenvalue weighted by molar-refractivity contribution is 0.0758. The van der Waals surface area contributed by atoms with Crippen LogP contribution < -0.4 is 11.1 Å². The van der Waals surface area contributed by atoms with Crippen molar-refractivity contribution >= 4 is 22.8 Å². The van der Waals surface area contributed by atoms with Crippen molar-refractivity contribution in [2.75, 3.05) is 44.5 Å². The van der Waals surface area contributed by atoms with Gasteiger partial charge in [0.05, 0.1) is 19.8 Å². The van der Waals surface area contributed by atoms with Crippen LogP contribution in [0.4, 0.5) is 11.7 Å². The highest BCUT2D eigenvalue weighted by atomic mass is 16.5. The first-order valence-electron chi connectivity index (χ1n) is 5.76. The lowest BCUT2D eigenvalue weighted by Crippen LogP contribution is -2.11. The van der Waals surface area contributed by atoms with E-state index in [1.54, 1.807) is 25.3 Å². The Balaban J connectivity index is 1.81. The van der Waals surface area contributed by atoms with Crippen LogP contribution in [-0.2, 0) is 9.47 Å². The molecule has 0 spiro atoms. The van der Waals surface area contributed by atoms with Crippen LogP contribution in [0.15, 0.2) is 22.6 Å². The smallest absolute Gasteiger partial charge is 0.295 e. The summed E-state index contributed by atoms with van der Waals surface area (Å²) in [5, 5.41) is 3.05. The Morgan fingerprint density at radius 1 is 1.33 bits per heavy atom. The molecule has 0 atom stereocenters. The number of nitrogens with one attached hydrogen (secondary N) is 1. The molecule has 0 unspecified atom stereocenters. The summed E-state index contributed by atoms with van der Waals surface area (Å²) in [5.74, 6) is 0. The summed E-state index contributed by atoms with van der Waals surface area (Å²) >= 11 is 0. The van der Waals surface area contributed by atoms with Crippen LogP contribution in [-0.4, -0.2) is 38.5 Å². The van der Waals surface area contributed by atoms with E-state index in [4.69, 9.17) is 19.6 Å². The van der Waals surface area contributed by atoms with Crippen molar-refractivity contribution in [1.82, 2.24) is 4.98 Å². The molecule has 0 fully saturated rings. The van der Waals surface area contributed by atoms with Crippen LogP contribution in [0, 0.1) is 0 Å². The number of aromatic nitrogens is 1. The Bertz CT molecular complexity index is 498. The third-order valence-electron chi connectivity index (χ3n) is 2.37. The molecule has 98 valence electrons. The van der Waals surface area contributed by atoms with Crippen LogP contribution in [0.25, 0.3) is 11.1 Å². The second-order valence-corrected chi connectivity index (χ2v) is 3.78. The lowest BCUT2D eigenvalue weighted by atomic mass is 10.3. The maximum absolute atomic E-state index is 5.67. The number of methoxy groups -OCH3 is 1. The molecule has 0 aliphatic heterocycles. The molecule has 2 aromatic rings. The first-order valence-corrected chi connectivity index (χ1v) is 5.76. The van der Waals surface area contributed by atoms with E-state index in [0.717, 1.165) is 5.52 Å². The van der Waals surface area contributed by atoms with Gasteiger partial charge in [0.1, 0.15) is 5.52 Å². The minimum absolute atomic E-state index is 0.478. The number of ether oxygens (including phenoxy) is 2. The fraction of sp³-hybridized carbons (Fsp3) is 0.417. The van der Waals surface area contributed by atoms with Gasteiger partial charge in [0.15, 0.2) is 5.58 Å². The topological polar surface area (TPSA) is 82.5 Å². The van der Waals surface area contributed by atoms with Crippen molar-refractivity contribution < 1.29 is 13.9 Å². The molecule has 0 saturated carbocycles. The molecule has 1 heterocycles. The number of rotatable bonds is 7. The highest BCUT2D eigenvalue weighted by Crippen LogP contribution is 2.20. The van der Waals surface area contributed by atoms with Gasteiger partial charge in [0, 0.05) is 19.3 Å². The minimum Gasteiger partial charge on any atom is -0.424 e. The molecule has 18 heavy (non-hydrogen) atoms. The predicted molar refractivity (Wildman–Crippen MR) is 69.6 cm³/mol. The highest BCUT2D eigenvalue weighted by Gasteiger charge is 2.04. The lowest BCUT2D eigenvalue weighted by Gasteiger charge is -2.03. The average Bonchev–Trinajstić information content (AvgIpc) is 2.75. The van der Waals surface area contributed by atoms with Gasteiger partial charge < -0.3 is 24.9 Å². The summed E-state index contributed by atoms with van der Waals surface area (Å²) < 4.78 is 15.7. The summed E-state index contributed by atoms with van der Waals surface area (Å²) in [5.41, 5.74) is 7.80. The average molecular weight is 251 g/mol. The van der Waals surface area contributed by atoms with Gasteiger partial charge in [-0.15, -0.1) is 0 Å². The molecular formula is C12H17N3O3. The Morgan fingerprint density at radius 3 is 3.06 bits per heavy atom. The molecule has 0 bridgehead atoms. The number of fused-ring (bicyclic) bond motifs is 1. The maximum Gasteiger partial charge on any atom is 0.295 e. The van der Waals surface area contributed by atoms with E-state index in [2.05, 4.69) is 10.3 Å². The number of nitrogens with zero attached hydrogens (tertiary/aromatic N) is 1. The maximum atomic E-state index is 5.67. The normalized spacial score (nSPS) is 10.9. The van der Waals surface area contributed by atoms with Crippen molar-refractivity contribution in [2.24, 2.45) is 0 Å². The molecular weight excluding hydrogens is 234 g/mol. The zero-order valence-corrected chi connectivity index (χ0v) is 10.3. The first-order chi connectivity index (χ1) is 8.79. The molecule has 0 aliphatic carbocycles. The molecule has 0 aliphatic rings. The second-order valence-electron chi connectivity index (χ2n) is 3.78. The fourth-order valence-corrected chi connectivity index (χ4v) is 1.49. The molecule has 1 aromatic carbocycles. The summed E-state index contributed by atoms with van der Waals surface area (Å²) in [7, 11) is 1.64. The van der Waals surface area contributed by atoms with Crippen LogP contribution in [0.1, 0.15) is 0 Å². The van der Waals surface area contributed by atoms with Crippen molar-refractivity contribution in [1.29, 1.82) is 0 Å². The van der Waals surface area contributed by atoms with Crippen molar-refractivity contribution in [3.63, 3.8) is 0 Å². The summed E-state index contributed by atoms with van der Waals surface area (Å²) in [4.78, 5) is 4.27. The number of nitrogens with two attached hydrogens (primary N) is 1. The SMILES string of the molecule is COCCOCCNc1nc2cc(N)ccc2o1. The van der Waals surface area contributed by atoms with E-state index in [0.29, 0.717) is 43.7 Å². The molecule has 2 rings (SSSR count).